The minimum absolute atomic E-state index is 0.0482. The predicted molar refractivity (Wildman–Crippen MR) is 76.4 cm³/mol. The first-order chi connectivity index (χ1) is 9.96. The van der Waals surface area contributed by atoms with Gasteiger partial charge >= 0.3 is 0 Å². The van der Waals surface area contributed by atoms with E-state index < -0.39 is 15.9 Å². The number of amides is 2. The molecule has 0 aromatic carbocycles. The molecule has 3 aliphatic heterocycles. The van der Waals surface area contributed by atoms with Crippen molar-refractivity contribution in [1.29, 1.82) is 0 Å². The Hall–Kier alpha value is -1.44. The summed E-state index contributed by atoms with van der Waals surface area (Å²) in [6.07, 6.45) is 2.99. The van der Waals surface area contributed by atoms with Crippen molar-refractivity contribution in [2.24, 2.45) is 5.10 Å². The third-order valence-electron chi connectivity index (χ3n) is 4.25. The van der Waals surface area contributed by atoms with Crippen LogP contribution < -0.4 is 0 Å². The Morgan fingerprint density at radius 1 is 1.19 bits per heavy atom. The molecule has 0 saturated carbocycles. The third kappa shape index (κ3) is 2.95. The highest BCUT2D eigenvalue weighted by atomic mass is 32.2. The molecule has 8 heteroatoms. The summed E-state index contributed by atoms with van der Waals surface area (Å²) in [5.74, 6) is -0.249. The largest absolute Gasteiger partial charge is 0.338 e. The zero-order valence-electron chi connectivity index (χ0n) is 11.8. The van der Waals surface area contributed by atoms with Crippen molar-refractivity contribution >= 4 is 27.4 Å². The zero-order valence-corrected chi connectivity index (χ0v) is 12.6. The van der Waals surface area contributed by atoms with Gasteiger partial charge in [0.05, 0.1) is 17.5 Å². The molecule has 3 heterocycles. The number of carbonyl (C=O) groups is 2. The number of hydrogen-bond donors (Lipinski definition) is 0. The van der Waals surface area contributed by atoms with E-state index in [1.54, 1.807) is 4.90 Å². The molecule has 2 fully saturated rings. The number of rotatable bonds is 2. The van der Waals surface area contributed by atoms with Crippen LogP contribution in [0, 0.1) is 0 Å². The number of likely N-dealkylation sites (tertiary alicyclic amines) is 1. The van der Waals surface area contributed by atoms with Gasteiger partial charge in [-0.25, -0.2) is 13.4 Å². The molecule has 3 rings (SSSR count). The highest BCUT2D eigenvalue weighted by Gasteiger charge is 2.38. The van der Waals surface area contributed by atoms with Crippen LogP contribution in [-0.4, -0.2) is 66.5 Å². The van der Waals surface area contributed by atoms with E-state index in [0.717, 1.165) is 25.9 Å². The fourth-order valence-electron chi connectivity index (χ4n) is 3.08. The first-order valence-electron chi connectivity index (χ1n) is 7.35. The number of hydrogen-bond acceptors (Lipinski definition) is 5. The topological polar surface area (TPSA) is 87.1 Å². The van der Waals surface area contributed by atoms with E-state index in [4.69, 9.17) is 0 Å². The summed E-state index contributed by atoms with van der Waals surface area (Å²) in [6.45, 7) is 1.48. The molecule has 0 aromatic heterocycles. The average Bonchev–Trinajstić information content (AvgIpc) is 3.08. The van der Waals surface area contributed by atoms with Crippen LogP contribution in [0.2, 0.25) is 0 Å². The van der Waals surface area contributed by atoms with Crippen LogP contribution in [0.25, 0.3) is 0 Å². The van der Waals surface area contributed by atoms with E-state index in [9.17, 15) is 18.0 Å². The highest BCUT2D eigenvalue weighted by molar-refractivity contribution is 7.91. The van der Waals surface area contributed by atoms with Gasteiger partial charge in [-0.15, -0.1) is 0 Å². The lowest BCUT2D eigenvalue weighted by Gasteiger charge is -2.28. The summed E-state index contributed by atoms with van der Waals surface area (Å²) in [5.41, 5.74) is 0.390. The van der Waals surface area contributed by atoms with Crippen molar-refractivity contribution in [3.8, 4) is 0 Å². The van der Waals surface area contributed by atoms with Gasteiger partial charge in [-0.2, -0.15) is 5.10 Å². The quantitative estimate of drug-likeness (QED) is 0.705. The normalized spacial score (nSPS) is 28.9. The Morgan fingerprint density at radius 3 is 2.52 bits per heavy atom. The van der Waals surface area contributed by atoms with Gasteiger partial charge < -0.3 is 4.90 Å². The van der Waals surface area contributed by atoms with Crippen LogP contribution in [0.5, 0.6) is 0 Å². The molecule has 0 aromatic rings. The van der Waals surface area contributed by atoms with Crippen LogP contribution in [0.4, 0.5) is 0 Å². The van der Waals surface area contributed by atoms with Gasteiger partial charge in [0.15, 0.2) is 9.84 Å². The zero-order chi connectivity index (χ0) is 15.0. The average molecular weight is 313 g/mol. The van der Waals surface area contributed by atoms with E-state index in [1.165, 1.54) is 5.01 Å². The van der Waals surface area contributed by atoms with Crippen molar-refractivity contribution in [2.45, 2.75) is 38.1 Å². The SMILES string of the molecule is O=C(C1=NN([C@@H]2CCS(=O)(=O)C2)C(=O)CC1)N1CCCC1. The minimum Gasteiger partial charge on any atom is -0.338 e. The number of nitrogens with zero attached hydrogens (tertiary/aromatic N) is 3. The first-order valence-corrected chi connectivity index (χ1v) is 9.18. The molecular formula is C13H19N3O4S. The molecule has 0 spiro atoms. The smallest absolute Gasteiger partial charge is 0.270 e. The van der Waals surface area contributed by atoms with Gasteiger partial charge in [0.1, 0.15) is 5.71 Å². The molecule has 7 nitrogen and oxygen atoms in total. The number of carbonyl (C=O) groups excluding carboxylic acids is 2. The van der Waals surface area contributed by atoms with Crippen molar-refractivity contribution < 1.29 is 18.0 Å². The Bertz CT molecular complexity index is 593. The van der Waals surface area contributed by atoms with Crippen LogP contribution in [0.1, 0.15) is 32.1 Å². The van der Waals surface area contributed by atoms with Gasteiger partial charge in [-0.1, -0.05) is 0 Å². The van der Waals surface area contributed by atoms with Gasteiger partial charge in [0, 0.05) is 25.9 Å². The molecule has 0 N–H and O–H groups in total. The second kappa shape index (κ2) is 5.40. The van der Waals surface area contributed by atoms with Gasteiger partial charge in [-0.3, -0.25) is 9.59 Å². The van der Waals surface area contributed by atoms with Crippen LogP contribution in [0.15, 0.2) is 5.10 Å². The maximum absolute atomic E-state index is 12.3. The van der Waals surface area contributed by atoms with Crippen molar-refractivity contribution in [2.75, 3.05) is 24.6 Å². The Labute approximate surface area is 123 Å². The molecule has 116 valence electrons. The van der Waals surface area contributed by atoms with E-state index in [2.05, 4.69) is 5.10 Å². The third-order valence-corrected chi connectivity index (χ3v) is 6.00. The van der Waals surface area contributed by atoms with E-state index in [0.29, 0.717) is 18.6 Å². The highest BCUT2D eigenvalue weighted by Crippen LogP contribution is 2.23. The molecule has 0 bridgehead atoms. The minimum atomic E-state index is -3.08. The van der Waals surface area contributed by atoms with Gasteiger partial charge in [0.25, 0.3) is 5.91 Å². The summed E-state index contributed by atoms with van der Waals surface area (Å²) in [4.78, 5) is 26.1. The van der Waals surface area contributed by atoms with Crippen LogP contribution in [-0.2, 0) is 19.4 Å². The second-order valence-electron chi connectivity index (χ2n) is 5.84. The molecule has 21 heavy (non-hydrogen) atoms. The first kappa shape index (κ1) is 14.5. The molecule has 2 saturated heterocycles. The Balaban J connectivity index is 1.78. The van der Waals surface area contributed by atoms with Gasteiger partial charge in [0.2, 0.25) is 5.91 Å². The van der Waals surface area contributed by atoms with Crippen molar-refractivity contribution in [3.05, 3.63) is 0 Å². The van der Waals surface area contributed by atoms with Gasteiger partial charge in [-0.05, 0) is 19.3 Å². The summed E-state index contributed by atoms with van der Waals surface area (Å²) < 4.78 is 23.1. The van der Waals surface area contributed by atoms with E-state index in [-0.39, 0.29) is 29.7 Å². The fourth-order valence-corrected chi connectivity index (χ4v) is 4.77. The fraction of sp³-hybridized carbons (Fsp3) is 0.769. The molecule has 2 amide bonds. The van der Waals surface area contributed by atoms with Crippen molar-refractivity contribution in [3.63, 3.8) is 0 Å². The van der Waals surface area contributed by atoms with Crippen LogP contribution in [0.3, 0.4) is 0 Å². The summed E-state index contributed by atoms with van der Waals surface area (Å²) in [6, 6.07) is -0.413. The number of sulfone groups is 1. The monoisotopic (exact) mass is 313 g/mol. The molecule has 1 atom stereocenters. The predicted octanol–water partition coefficient (Wildman–Crippen LogP) is -0.226. The standard InChI is InChI=1S/C13H19N3O4S/c17-12-4-3-11(13(18)15-6-1-2-7-15)14-16(12)10-5-8-21(19,20)9-10/h10H,1-9H2/t10-/m1/s1. The Kier molecular flexibility index (Phi) is 3.73. The Morgan fingerprint density at radius 2 is 1.90 bits per heavy atom. The van der Waals surface area contributed by atoms with E-state index in [1.807, 2.05) is 0 Å². The summed E-state index contributed by atoms with van der Waals surface area (Å²) in [7, 11) is -3.08. The second-order valence-corrected chi connectivity index (χ2v) is 8.07. The number of hydrazone groups is 1. The molecule has 0 aliphatic carbocycles. The van der Waals surface area contributed by atoms with E-state index >= 15 is 0 Å². The maximum Gasteiger partial charge on any atom is 0.270 e. The molecule has 3 aliphatic rings. The molecular weight excluding hydrogens is 294 g/mol. The van der Waals surface area contributed by atoms with Crippen LogP contribution >= 0.6 is 0 Å². The molecule has 0 unspecified atom stereocenters. The lowest BCUT2D eigenvalue weighted by Crippen LogP contribution is -2.44. The lowest BCUT2D eigenvalue weighted by molar-refractivity contribution is -0.134. The maximum atomic E-state index is 12.3. The lowest BCUT2D eigenvalue weighted by atomic mass is 10.1. The summed E-state index contributed by atoms with van der Waals surface area (Å²) in [5, 5.41) is 5.45. The van der Waals surface area contributed by atoms with Crippen molar-refractivity contribution in [1.82, 2.24) is 9.91 Å². The molecule has 0 radical (unpaired) electrons. The summed E-state index contributed by atoms with van der Waals surface area (Å²) >= 11 is 0.